The van der Waals surface area contributed by atoms with E-state index < -0.39 is 0 Å². The van der Waals surface area contributed by atoms with Crippen molar-refractivity contribution < 1.29 is 4.79 Å². The molecule has 3 nitrogen and oxygen atoms in total. The average molecular weight is 420 g/mol. The number of fused-ring (bicyclic) bond motifs is 1. The van der Waals surface area contributed by atoms with Crippen molar-refractivity contribution in [3.8, 4) is 0 Å². The molecule has 1 aliphatic carbocycles. The summed E-state index contributed by atoms with van der Waals surface area (Å²) in [4.78, 5) is 15.6. The molecule has 0 spiro atoms. The Morgan fingerprint density at radius 1 is 1.26 bits per heavy atom. The third kappa shape index (κ3) is 4.88. The molecule has 1 aromatic rings. The molecule has 1 saturated carbocycles. The molecular formula is C17H24BrClN2OS. The Balaban J connectivity index is 0.00000192. The fourth-order valence-corrected chi connectivity index (χ4v) is 4.73. The molecular weight excluding hydrogens is 396 g/mol. The van der Waals surface area contributed by atoms with Crippen molar-refractivity contribution in [2.75, 3.05) is 18.8 Å². The van der Waals surface area contributed by atoms with E-state index >= 15 is 0 Å². The topological polar surface area (TPSA) is 46.3 Å². The van der Waals surface area contributed by atoms with Crippen LogP contribution in [0, 0.1) is 11.8 Å². The molecule has 6 heteroatoms. The van der Waals surface area contributed by atoms with Crippen LogP contribution in [0.15, 0.2) is 33.6 Å². The molecule has 3 unspecified atom stereocenters. The maximum atomic E-state index is 12.3. The van der Waals surface area contributed by atoms with Crippen molar-refractivity contribution >= 4 is 46.0 Å². The molecule has 23 heavy (non-hydrogen) atoms. The molecule has 2 aliphatic rings. The molecule has 3 rings (SSSR count). The van der Waals surface area contributed by atoms with Gasteiger partial charge in [-0.15, -0.1) is 24.2 Å². The molecule has 2 N–H and O–H groups in total. The molecule has 1 saturated heterocycles. The second-order valence-corrected chi connectivity index (χ2v) is 8.45. The number of hydrogen-bond acceptors (Lipinski definition) is 3. The number of thioether (sulfide) groups is 1. The van der Waals surface area contributed by atoms with Crippen LogP contribution in [0.4, 0.5) is 0 Å². The van der Waals surface area contributed by atoms with Crippen LogP contribution in [0.25, 0.3) is 0 Å². The Hall–Kier alpha value is -0.230. The van der Waals surface area contributed by atoms with Crippen LogP contribution in [0.3, 0.4) is 0 Å². The molecule has 0 aromatic heterocycles. The van der Waals surface area contributed by atoms with E-state index in [2.05, 4.69) is 45.1 Å². The van der Waals surface area contributed by atoms with Gasteiger partial charge in [-0.2, -0.15) is 0 Å². The fourth-order valence-electron chi connectivity index (χ4n) is 3.61. The Kier molecular flexibility index (Phi) is 7.26. The van der Waals surface area contributed by atoms with E-state index in [-0.39, 0.29) is 12.4 Å². The molecule has 128 valence electrons. The van der Waals surface area contributed by atoms with Gasteiger partial charge in [-0.1, -0.05) is 15.9 Å². The number of rotatable bonds is 5. The highest BCUT2D eigenvalue weighted by atomic mass is 79.9. The number of hydrogen-bond donors (Lipinski definition) is 1. The first-order valence-electron chi connectivity index (χ1n) is 8.05. The van der Waals surface area contributed by atoms with Crippen molar-refractivity contribution in [1.82, 2.24) is 4.90 Å². The van der Waals surface area contributed by atoms with Gasteiger partial charge in [0.25, 0.3) is 0 Å². The number of carbonyl (C=O) groups is 1. The molecule has 1 aliphatic heterocycles. The smallest absolute Gasteiger partial charge is 0.222 e. The first-order valence-corrected chi connectivity index (χ1v) is 9.83. The number of halogens is 2. The number of likely N-dealkylation sites (tertiary alicyclic amines) is 1. The highest BCUT2D eigenvalue weighted by Gasteiger charge is 2.42. The van der Waals surface area contributed by atoms with Gasteiger partial charge in [0.05, 0.1) is 0 Å². The molecule has 1 amide bonds. The zero-order chi connectivity index (χ0) is 15.5. The van der Waals surface area contributed by atoms with E-state index in [0.717, 1.165) is 36.2 Å². The van der Waals surface area contributed by atoms with E-state index in [1.165, 1.54) is 11.3 Å². The van der Waals surface area contributed by atoms with Gasteiger partial charge in [0.15, 0.2) is 0 Å². The van der Waals surface area contributed by atoms with Gasteiger partial charge in [0.1, 0.15) is 0 Å². The number of nitrogens with two attached hydrogens (primary N) is 1. The van der Waals surface area contributed by atoms with Gasteiger partial charge in [-0.25, -0.2) is 0 Å². The van der Waals surface area contributed by atoms with Crippen LogP contribution in [-0.2, 0) is 4.79 Å². The molecule has 1 aromatic carbocycles. The standard InChI is InChI=1S/C17H23BrN2OS.ClH/c18-13-4-6-14(7-5-13)22-9-1-2-17(21)20-10-12-3-8-16(19)15(12)11-20;/h4-7,12,15-16H,1-3,8-11,19H2;1H. The van der Waals surface area contributed by atoms with Crippen molar-refractivity contribution in [3.63, 3.8) is 0 Å². The number of nitrogens with zero attached hydrogens (tertiary/aromatic N) is 1. The third-order valence-corrected chi connectivity index (χ3v) is 6.51. The van der Waals surface area contributed by atoms with E-state index in [4.69, 9.17) is 5.73 Å². The van der Waals surface area contributed by atoms with Crippen molar-refractivity contribution in [2.24, 2.45) is 17.6 Å². The summed E-state index contributed by atoms with van der Waals surface area (Å²) in [5.41, 5.74) is 6.13. The Morgan fingerprint density at radius 2 is 2.00 bits per heavy atom. The largest absolute Gasteiger partial charge is 0.342 e. The normalized spacial score (nSPS) is 26.0. The van der Waals surface area contributed by atoms with E-state index in [1.807, 2.05) is 11.8 Å². The highest BCUT2D eigenvalue weighted by Crippen LogP contribution is 2.37. The lowest BCUT2D eigenvalue weighted by atomic mass is 9.98. The van der Waals surface area contributed by atoms with Crippen LogP contribution in [0.5, 0.6) is 0 Å². The number of amides is 1. The average Bonchev–Trinajstić information content (AvgIpc) is 3.08. The first kappa shape index (κ1) is 19.1. The summed E-state index contributed by atoms with van der Waals surface area (Å²) in [5.74, 6) is 2.53. The maximum Gasteiger partial charge on any atom is 0.222 e. The van der Waals surface area contributed by atoms with Gasteiger partial charge < -0.3 is 10.6 Å². The molecule has 1 heterocycles. The van der Waals surface area contributed by atoms with Crippen LogP contribution >= 0.6 is 40.1 Å². The second-order valence-electron chi connectivity index (χ2n) is 6.37. The van der Waals surface area contributed by atoms with E-state index in [1.54, 1.807) is 0 Å². The Labute approximate surface area is 157 Å². The molecule has 0 radical (unpaired) electrons. The first-order chi connectivity index (χ1) is 10.6. The zero-order valence-corrected chi connectivity index (χ0v) is 16.3. The number of benzene rings is 1. The van der Waals surface area contributed by atoms with Crippen LogP contribution in [-0.4, -0.2) is 35.7 Å². The minimum atomic E-state index is 0. The quantitative estimate of drug-likeness (QED) is 0.581. The van der Waals surface area contributed by atoms with Gasteiger partial charge >= 0.3 is 0 Å². The maximum absolute atomic E-state index is 12.3. The SMILES string of the molecule is Cl.NC1CCC2CN(C(=O)CCCSc3ccc(Br)cc3)CC12. The summed E-state index contributed by atoms with van der Waals surface area (Å²) < 4.78 is 1.10. The lowest BCUT2D eigenvalue weighted by Gasteiger charge is -2.18. The second kappa shape index (κ2) is 8.75. The van der Waals surface area contributed by atoms with Crippen molar-refractivity contribution in [3.05, 3.63) is 28.7 Å². The van der Waals surface area contributed by atoms with E-state index in [0.29, 0.717) is 30.2 Å². The minimum absolute atomic E-state index is 0. The van der Waals surface area contributed by atoms with Gasteiger partial charge in [-0.3, -0.25) is 4.79 Å². The predicted molar refractivity (Wildman–Crippen MR) is 102 cm³/mol. The lowest BCUT2D eigenvalue weighted by molar-refractivity contribution is -0.130. The number of carbonyl (C=O) groups excluding carboxylic acids is 1. The minimum Gasteiger partial charge on any atom is -0.342 e. The van der Waals surface area contributed by atoms with Gasteiger partial charge in [0, 0.05) is 34.9 Å². The molecule has 0 bridgehead atoms. The lowest BCUT2D eigenvalue weighted by Crippen LogP contribution is -2.33. The molecule has 3 atom stereocenters. The Morgan fingerprint density at radius 3 is 2.70 bits per heavy atom. The van der Waals surface area contributed by atoms with Gasteiger partial charge in [-0.05, 0) is 61.1 Å². The summed E-state index contributed by atoms with van der Waals surface area (Å²) in [5, 5.41) is 0. The van der Waals surface area contributed by atoms with Crippen LogP contribution < -0.4 is 5.73 Å². The summed E-state index contributed by atoms with van der Waals surface area (Å²) >= 11 is 5.26. The van der Waals surface area contributed by atoms with E-state index in [9.17, 15) is 4.79 Å². The molecule has 2 fully saturated rings. The van der Waals surface area contributed by atoms with Gasteiger partial charge in [0.2, 0.25) is 5.91 Å². The summed E-state index contributed by atoms with van der Waals surface area (Å²) in [6.45, 7) is 1.83. The highest BCUT2D eigenvalue weighted by molar-refractivity contribution is 9.10. The summed E-state index contributed by atoms with van der Waals surface area (Å²) in [6.07, 6.45) is 3.95. The zero-order valence-electron chi connectivity index (χ0n) is 13.1. The Bertz CT molecular complexity index is 528. The van der Waals surface area contributed by atoms with Crippen molar-refractivity contribution in [1.29, 1.82) is 0 Å². The van der Waals surface area contributed by atoms with Crippen LogP contribution in [0.2, 0.25) is 0 Å². The predicted octanol–water partition coefficient (Wildman–Crippen LogP) is 3.94. The van der Waals surface area contributed by atoms with Crippen molar-refractivity contribution in [2.45, 2.75) is 36.6 Å². The summed E-state index contributed by atoms with van der Waals surface area (Å²) in [6, 6.07) is 8.65. The summed E-state index contributed by atoms with van der Waals surface area (Å²) in [7, 11) is 0. The monoisotopic (exact) mass is 418 g/mol. The third-order valence-electron chi connectivity index (χ3n) is 4.88. The fraction of sp³-hybridized carbons (Fsp3) is 0.588. The van der Waals surface area contributed by atoms with Crippen LogP contribution in [0.1, 0.15) is 25.7 Å².